The first kappa shape index (κ1) is 20.0. The van der Waals surface area contributed by atoms with Gasteiger partial charge in [-0.2, -0.15) is 0 Å². The van der Waals surface area contributed by atoms with Gasteiger partial charge >= 0.3 is 17.9 Å². The molecule has 1 N–H and O–H groups in total. The van der Waals surface area contributed by atoms with Gasteiger partial charge in [-0.1, -0.05) is 0 Å². The zero-order valence-electron chi connectivity index (χ0n) is 12.8. The molecule has 0 saturated heterocycles. The van der Waals surface area contributed by atoms with Crippen molar-refractivity contribution >= 4 is 24.4 Å². The third-order valence-corrected chi connectivity index (χ3v) is 2.44. The number of aliphatic hydroxyl groups excluding tert-OH is 1. The molecule has 0 saturated carbocycles. The second-order valence-electron chi connectivity index (χ2n) is 4.83. The number of carbonyl (C=O) groups excluding carboxylic acids is 4. The third-order valence-electron chi connectivity index (χ3n) is 2.44. The van der Waals surface area contributed by atoms with E-state index in [2.05, 4.69) is 9.47 Å². The molecule has 0 bridgehead atoms. The number of hydrogen-bond acceptors (Lipinski definition) is 8. The van der Waals surface area contributed by atoms with Gasteiger partial charge in [0, 0.05) is 6.42 Å². The Balaban J connectivity index is 3.84. The lowest BCUT2D eigenvalue weighted by Gasteiger charge is -2.12. The fourth-order valence-corrected chi connectivity index (χ4v) is 1.51. The zero-order valence-corrected chi connectivity index (χ0v) is 12.8. The van der Waals surface area contributed by atoms with Crippen molar-refractivity contribution in [2.75, 3.05) is 6.61 Å². The number of esters is 3. The van der Waals surface area contributed by atoms with Crippen LogP contribution in [0.15, 0.2) is 0 Å². The van der Waals surface area contributed by atoms with Gasteiger partial charge in [0.2, 0.25) is 0 Å². The maximum Gasteiger partial charge on any atom is 0.317 e. The van der Waals surface area contributed by atoms with E-state index in [0.717, 1.165) is 0 Å². The van der Waals surface area contributed by atoms with E-state index >= 15 is 0 Å². The van der Waals surface area contributed by atoms with Gasteiger partial charge < -0.3 is 19.3 Å². The molecule has 0 rings (SSSR count). The van der Waals surface area contributed by atoms with Gasteiger partial charge in [0.15, 0.2) is 0 Å². The van der Waals surface area contributed by atoms with Gasteiger partial charge in [-0.3, -0.25) is 19.2 Å². The molecular weight excluding hydrogens is 296 g/mol. The number of ether oxygens (including phenoxy) is 3. The zero-order chi connectivity index (χ0) is 17.0. The molecule has 0 aromatic heterocycles. The predicted molar refractivity (Wildman–Crippen MR) is 73.4 cm³/mol. The largest absolute Gasteiger partial charge is 0.468 e. The fourth-order valence-electron chi connectivity index (χ4n) is 1.51. The summed E-state index contributed by atoms with van der Waals surface area (Å²) in [7, 11) is 0. The van der Waals surface area contributed by atoms with Gasteiger partial charge in [-0.25, -0.2) is 0 Å². The minimum atomic E-state index is -0.890. The Kier molecular flexibility index (Phi) is 10.6. The van der Waals surface area contributed by atoms with E-state index in [1.54, 1.807) is 0 Å². The van der Waals surface area contributed by atoms with E-state index in [4.69, 9.17) is 9.84 Å². The maximum atomic E-state index is 11.5. The Morgan fingerprint density at radius 1 is 1.05 bits per heavy atom. The monoisotopic (exact) mass is 318 g/mol. The van der Waals surface area contributed by atoms with Crippen LogP contribution in [0, 0.1) is 0 Å². The first-order valence-corrected chi connectivity index (χ1v) is 7.01. The standard InChI is InChI=1S/C14H22O8/c1-10(16)7-13(18)22-14(19)8-11(2)21-12(17)5-3-4-6-20-9-15/h9-11,16H,3-8H2,1-2H3. The highest BCUT2D eigenvalue weighted by Crippen LogP contribution is 2.05. The minimum Gasteiger partial charge on any atom is -0.468 e. The molecule has 0 aliphatic heterocycles. The Labute approximate surface area is 128 Å². The van der Waals surface area contributed by atoms with Gasteiger partial charge in [0.1, 0.15) is 6.10 Å². The summed E-state index contributed by atoms with van der Waals surface area (Å²) in [5.41, 5.74) is 0. The summed E-state index contributed by atoms with van der Waals surface area (Å²) >= 11 is 0. The van der Waals surface area contributed by atoms with Crippen molar-refractivity contribution in [2.45, 2.75) is 58.2 Å². The van der Waals surface area contributed by atoms with Crippen molar-refractivity contribution in [1.29, 1.82) is 0 Å². The Morgan fingerprint density at radius 3 is 2.27 bits per heavy atom. The van der Waals surface area contributed by atoms with E-state index in [-0.39, 0.29) is 25.9 Å². The molecule has 0 aliphatic carbocycles. The Hall–Kier alpha value is -1.96. The van der Waals surface area contributed by atoms with E-state index < -0.39 is 30.1 Å². The molecule has 0 aromatic carbocycles. The van der Waals surface area contributed by atoms with Crippen molar-refractivity contribution in [1.82, 2.24) is 0 Å². The van der Waals surface area contributed by atoms with Crippen LogP contribution in [0.4, 0.5) is 0 Å². The smallest absolute Gasteiger partial charge is 0.317 e. The quantitative estimate of drug-likeness (QED) is 0.192. The van der Waals surface area contributed by atoms with Crippen molar-refractivity contribution in [3.63, 3.8) is 0 Å². The molecule has 0 amide bonds. The third kappa shape index (κ3) is 11.8. The Morgan fingerprint density at radius 2 is 1.68 bits per heavy atom. The second kappa shape index (κ2) is 11.7. The minimum absolute atomic E-state index is 0.141. The molecule has 0 aliphatic rings. The number of carbonyl (C=O) groups is 4. The molecule has 0 heterocycles. The molecule has 0 radical (unpaired) electrons. The summed E-state index contributed by atoms with van der Waals surface area (Å²) in [5, 5.41) is 8.96. The van der Waals surface area contributed by atoms with Crippen LogP contribution < -0.4 is 0 Å². The number of rotatable bonds is 11. The highest BCUT2D eigenvalue weighted by Gasteiger charge is 2.18. The van der Waals surface area contributed by atoms with Crippen LogP contribution in [-0.4, -0.2) is 48.3 Å². The summed E-state index contributed by atoms with van der Waals surface area (Å²) < 4.78 is 13.9. The van der Waals surface area contributed by atoms with Crippen LogP contribution in [0.5, 0.6) is 0 Å². The van der Waals surface area contributed by atoms with Gasteiger partial charge in [0.25, 0.3) is 6.47 Å². The first-order valence-electron chi connectivity index (χ1n) is 7.01. The number of aliphatic hydroxyl groups is 1. The topological polar surface area (TPSA) is 116 Å². The van der Waals surface area contributed by atoms with Gasteiger partial charge in [-0.15, -0.1) is 0 Å². The lowest BCUT2D eigenvalue weighted by molar-refractivity contribution is -0.163. The van der Waals surface area contributed by atoms with Crippen LogP contribution in [0.1, 0.15) is 46.0 Å². The molecule has 0 fully saturated rings. The summed E-state index contributed by atoms with van der Waals surface area (Å²) in [6.45, 7) is 3.49. The van der Waals surface area contributed by atoms with E-state index in [0.29, 0.717) is 19.3 Å². The van der Waals surface area contributed by atoms with Gasteiger partial charge in [0.05, 0.1) is 25.6 Å². The molecule has 2 atom stereocenters. The van der Waals surface area contributed by atoms with Crippen LogP contribution in [0.25, 0.3) is 0 Å². The van der Waals surface area contributed by atoms with Crippen LogP contribution >= 0.6 is 0 Å². The van der Waals surface area contributed by atoms with E-state index in [1.807, 2.05) is 0 Å². The first-order chi connectivity index (χ1) is 10.3. The highest BCUT2D eigenvalue weighted by molar-refractivity contribution is 5.86. The second-order valence-corrected chi connectivity index (χ2v) is 4.83. The van der Waals surface area contributed by atoms with E-state index in [9.17, 15) is 19.2 Å². The number of unbranched alkanes of at least 4 members (excludes halogenated alkanes) is 1. The average molecular weight is 318 g/mol. The maximum absolute atomic E-state index is 11.5. The van der Waals surface area contributed by atoms with Crippen molar-refractivity contribution in [3.05, 3.63) is 0 Å². The number of hydrogen-bond donors (Lipinski definition) is 1. The summed E-state index contributed by atoms with van der Waals surface area (Å²) in [4.78, 5) is 43.9. The van der Waals surface area contributed by atoms with Crippen molar-refractivity contribution in [3.8, 4) is 0 Å². The van der Waals surface area contributed by atoms with Crippen molar-refractivity contribution < 1.29 is 38.5 Å². The molecule has 126 valence electrons. The van der Waals surface area contributed by atoms with Gasteiger partial charge in [-0.05, 0) is 26.7 Å². The van der Waals surface area contributed by atoms with Crippen molar-refractivity contribution in [2.24, 2.45) is 0 Å². The molecule has 8 heteroatoms. The molecule has 8 nitrogen and oxygen atoms in total. The lowest BCUT2D eigenvalue weighted by Crippen LogP contribution is -2.23. The predicted octanol–water partition coefficient (Wildman–Crippen LogP) is 0.492. The lowest BCUT2D eigenvalue weighted by atomic mass is 10.2. The average Bonchev–Trinajstić information content (AvgIpc) is 2.36. The van der Waals surface area contributed by atoms with Crippen LogP contribution in [-0.2, 0) is 33.4 Å². The molecule has 0 spiro atoms. The SMILES string of the molecule is CC(O)CC(=O)OC(=O)CC(C)OC(=O)CCCCOC=O. The molecule has 0 aromatic rings. The summed E-state index contributed by atoms with van der Waals surface area (Å²) in [5.74, 6) is -2.12. The molecule has 22 heavy (non-hydrogen) atoms. The summed E-state index contributed by atoms with van der Waals surface area (Å²) in [6.07, 6.45) is -0.949. The fraction of sp³-hybridized carbons (Fsp3) is 0.714. The van der Waals surface area contributed by atoms with Crippen LogP contribution in [0.2, 0.25) is 0 Å². The molecular formula is C14H22O8. The molecule has 2 unspecified atom stereocenters. The Bertz CT molecular complexity index is 377. The van der Waals surface area contributed by atoms with Crippen LogP contribution in [0.3, 0.4) is 0 Å². The normalized spacial score (nSPS) is 12.9. The highest BCUT2D eigenvalue weighted by atomic mass is 16.6. The summed E-state index contributed by atoms with van der Waals surface area (Å²) in [6, 6.07) is 0. The van der Waals surface area contributed by atoms with E-state index in [1.165, 1.54) is 13.8 Å².